The highest BCUT2D eigenvalue weighted by molar-refractivity contribution is 5.76. The molecule has 1 atom stereocenters. The predicted molar refractivity (Wildman–Crippen MR) is 81.2 cm³/mol. The molecule has 0 aliphatic carbocycles. The van der Waals surface area contributed by atoms with Crippen molar-refractivity contribution in [2.24, 2.45) is 0 Å². The maximum Gasteiger partial charge on any atom is 0.343 e. The van der Waals surface area contributed by atoms with E-state index in [0.717, 1.165) is 44.5 Å². The van der Waals surface area contributed by atoms with Gasteiger partial charge >= 0.3 is 5.69 Å². The molecule has 1 aliphatic heterocycles. The second kappa shape index (κ2) is 7.43. The average molecular weight is 294 g/mol. The third-order valence-corrected chi connectivity index (χ3v) is 4.24. The van der Waals surface area contributed by atoms with Crippen molar-refractivity contribution < 1.29 is 4.79 Å². The molecule has 0 aromatic carbocycles. The first-order valence-corrected chi connectivity index (χ1v) is 8.10. The molecule has 1 aromatic heterocycles. The van der Waals surface area contributed by atoms with Crippen LogP contribution in [0.15, 0.2) is 4.79 Å². The zero-order chi connectivity index (χ0) is 15.2. The summed E-state index contributed by atoms with van der Waals surface area (Å²) in [5.74, 6) is 1.22. The zero-order valence-electron chi connectivity index (χ0n) is 13.1. The number of rotatable bonds is 6. The van der Waals surface area contributed by atoms with Crippen molar-refractivity contribution in [1.29, 1.82) is 0 Å². The lowest BCUT2D eigenvalue weighted by Gasteiger charge is -2.32. The van der Waals surface area contributed by atoms with Gasteiger partial charge in [-0.3, -0.25) is 9.36 Å². The molecule has 118 valence electrons. The molecule has 6 nitrogen and oxygen atoms in total. The largest absolute Gasteiger partial charge is 0.343 e. The van der Waals surface area contributed by atoms with Crippen LogP contribution < -0.4 is 5.69 Å². The summed E-state index contributed by atoms with van der Waals surface area (Å²) < 4.78 is 1.68. The minimum Gasteiger partial charge on any atom is -0.342 e. The Balaban J connectivity index is 2.00. The Morgan fingerprint density at radius 1 is 1.38 bits per heavy atom. The Morgan fingerprint density at radius 3 is 2.90 bits per heavy atom. The summed E-state index contributed by atoms with van der Waals surface area (Å²) >= 11 is 0. The van der Waals surface area contributed by atoms with Gasteiger partial charge in [-0.2, -0.15) is 5.10 Å². The number of aromatic amines is 1. The molecule has 0 saturated carbocycles. The minimum absolute atomic E-state index is 0.154. The van der Waals surface area contributed by atoms with E-state index in [4.69, 9.17) is 0 Å². The fourth-order valence-electron chi connectivity index (χ4n) is 3.05. The molecule has 1 amide bonds. The average Bonchev–Trinajstić information content (AvgIpc) is 2.88. The van der Waals surface area contributed by atoms with Crippen LogP contribution in [0.1, 0.15) is 64.1 Å². The highest BCUT2D eigenvalue weighted by atomic mass is 16.2. The van der Waals surface area contributed by atoms with E-state index in [-0.39, 0.29) is 17.5 Å². The van der Waals surface area contributed by atoms with E-state index in [1.807, 2.05) is 11.8 Å². The lowest BCUT2D eigenvalue weighted by molar-refractivity contribution is -0.132. The summed E-state index contributed by atoms with van der Waals surface area (Å²) in [6.07, 6.45) is 5.82. The van der Waals surface area contributed by atoms with Crippen LogP contribution in [0.25, 0.3) is 0 Å². The summed E-state index contributed by atoms with van der Waals surface area (Å²) in [4.78, 5) is 25.9. The molecule has 1 saturated heterocycles. The molecular weight excluding hydrogens is 268 g/mol. The van der Waals surface area contributed by atoms with Crippen LogP contribution in [0.4, 0.5) is 0 Å². The van der Waals surface area contributed by atoms with Gasteiger partial charge in [0.05, 0.1) is 0 Å². The fraction of sp³-hybridized carbons (Fsp3) is 0.800. The highest BCUT2D eigenvalue weighted by Gasteiger charge is 2.27. The normalized spacial score (nSPS) is 19.0. The fourth-order valence-corrected chi connectivity index (χ4v) is 3.05. The summed E-state index contributed by atoms with van der Waals surface area (Å²) in [5, 5.41) is 6.69. The van der Waals surface area contributed by atoms with Gasteiger partial charge in [0.25, 0.3) is 0 Å². The van der Waals surface area contributed by atoms with Crippen LogP contribution in [-0.4, -0.2) is 38.7 Å². The van der Waals surface area contributed by atoms with Gasteiger partial charge < -0.3 is 4.90 Å². The maximum atomic E-state index is 12.2. The van der Waals surface area contributed by atoms with Gasteiger partial charge in [0.15, 0.2) is 0 Å². The van der Waals surface area contributed by atoms with E-state index in [1.165, 1.54) is 0 Å². The Kier molecular flexibility index (Phi) is 5.59. The minimum atomic E-state index is -0.154. The van der Waals surface area contributed by atoms with Gasteiger partial charge in [-0.05, 0) is 26.2 Å². The molecule has 1 fully saturated rings. The van der Waals surface area contributed by atoms with Gasteiger partial charge in [0, 0.05) is 32.0 Å². The molecule has 6 heteroatoms. The molecule has 1 aromatic rings. The van der Waals surface area contributed by atoms with Crippen molar-refractivity contribution in [1.82, 2.24) is 19.7 Å². The molecule has 0 spiro atoms. The summed E-state index contributed by atoms with van der Waals surface area (Å²) in [7, 11) is 0. The van der Waals surface area contributed by atoms with Gasteiger partial charge in [-0.25, -0.2) is 9.89 Å². The number of hydrogen-bond acceptors (Lipinski definition) is 3. The highest BCUT2D eigenvalue weighted by Crippen LogP contribution is 2.25. The van der Waals surface area contributed by atoms with Crippen LogP contribution >= 0.6 is 0 Å². The SMILES string of the molecule is CCCCCC(=O)N1CCCC(c2n[nH]c(=O)n2CC)C1. The number of amides is 1. The van der Waals surface area contributed by atoms with E-state index < -0.39 is 0 Å². The number of carbonyl (C=O) groups is 1. The Morgan fingerprint density at radius 2 is 2.19 bits per heavy atom. The lowest BCUT2D eigenvalue weighted by Crippen LogP contribution is -2.40. The second-order valence-corrected chi connectivity index (χ2v) is 5.77. The lowest BCUT2D eigenvalue weighted by atomic mass is 9.96. The topological polar surface area (TPSA) is 71.0 Å². The van der Waals surface area contributed by atoms with Gasteiger partial charge in [-0.1, -0.05) is 19.8 Å². The number of nitrogens with zero attached hydrogens (tertiary/aromatic N) is 3. The first-order valence-electron chi connectivity index (χ1n) is 8.10. The quantitative estimate of drug-likeness (QED) is 0.814. The first-order chi connectivity index (χ1) is 10.2. The van der Waals surface area contributed by atoms with Gasteiger partial charge in [0.1, 0.15) is 5.82 Å². The van der Waals surface area contributed by atoms with Crippen molar-refractivity contribution in [2.75, 3.05) is 13.1 Å². The Bertz CT molecular complexity index is 520. The van der Waals surface area contributed by atoms with E-state index in [2.05, 4.69) is 17.1 Å². The molecule has 2 heterocycles. The van der Waals surface area contributed by atoms with Crippen molar-refractivity contribution in [2.45, 2.75) is 64.8 Å². The van der Waals surface area contributed by atoms with E-state index >= 15 is 0 Å². The molecule has 1 unspecified atom stereocenters. The smallest absolute Gasteiger partial charge is 0.342 e. The molecule has 0 bridgehead atoms. The van der Waals surface area contributed by atoms with Crippen LogP contribution in [0.5, 0.6) is 0 Å². The molecule has 1 N–H and O–H groups in total. The standard InChI is InChI=1S/C15H26N4O2/c1-3-5-6-9-13(20)18-10-7-8-12(11-18)14-16-17-15(21)19(14)4-2/h12H,3-11H2,1-2H3,(H,17,21). The van der Waals surface area contributed by atoms with Crippen molar-refractivity contribution in [3.05, 3.63) is 16.3 Å². The van der Waals surface area contributed by atoms with E-state index in [1.54, 1.807) is 4.57 Å². The number of hydrogen-bond donors (Lipinski definition) is 1. The third kappa shape index (κ3) is 3.74. The number of piperidine rings is 1. The van der Waals surface area contributed by atoms with Crippen LogP contribution in [0.3, 0.4) is 0 Å². The van der Waals surface area contributed by atoms with Crippen LogP contribution in [-0.2, 0) is 11.3 Å². The number of unbranched alkanes of at least 4 members (excludes halogenated alkanes) is 2. The summed E-state index contributed by atoms with van der Waals surface area (Å²) in [5.41, 5.74) is -0.154. The van der Waals surface area contributed by atoms with E-state index in [9.17, 15) is 9.59 Å². The van der Waals surface area contributed by atoms with Crippen LogP contribution in [0, 0.1) is 0 Å². The first kappa shape index (κ1) is 15.8. The van der Waals surface area contributed by atoms with E-state index in [0.29, 0.717) is 19.5 Å². The van der Waals surface area contributed by atoms with Crippen LogP contribution in [0.2, 0.25) is 0 Å². The third-order valence-electron chi connectivity index (χ3n) is 4.24. The Labute approximate surface area is 125 Å². The van der Waals surface area contributed by atoms with Crippen molar-refractivity contribution in [3.8, 4) is 0 Å². The molecule has 2 rings (SSSR count). The van der Waals surface area contributed by atoms with Gasteiger partial charge in [-0.15, -0.1) is 0 Å². The number of aromatic nitrogens is 3. The predicted octanol–water partition coefficient (Wildman–Crippen LogP) is 1.88. The summed E-state index contributed by atoms with van der Waals surface area (Å²) in [6, 6.07) is 0. The second-order valence-electron chi connectivity index (χ2n) is 5.77. The molecular formula is C15H26N4O2. The molecule has 0 radical (unpaired) electrons. The van der Waals surface area contributed by atoms with Gasteiger partial charge in [0.2, 0.25) is 5.91 Å². The number of likely N-dealkylation sites (tertiary alicyclic amines) is 1. The maximum absolute atomic E-state index is 12.2. The number of nitrogens with one attached hydrogen (secondary N) is 1. The number of carbonyl (C=O) groups excluding carboxylic acids is 1. The molecule has 21 heavy (non-hydrogen) atoms. The molecule has 1 aliphatic rings. The Hall–Kier alpha value is -1.59. The zero-order valence-corrected chi connectivity index (χ0v) is 13.1. The summed E-state index contributed by atoms with van der Waals surface area (Å²) in [6.45, 7) is 6.23. The van der Waals surface area contributed by atoms with Crippen molar-refractivity contribution in [3.63, 3.8) is 0 Å². The monoisotopic (exact) mass is 294 g/mol. The van der Waals surface area contributed by atoms with Crippen molar-refractivity contribution >= 4 is 5.91 Å². The number of H-pyrrole nitrogens is 1.